The van der Waals surface area contributed by atoms with Crippen LogP contribution >= 0.6 is 11.6 Å². The quantitative estimate of drug-likeness (QED) is 0.648. The highest BCUT2D eigenvalue weighted by Crippen LogP contribution is 2.25. The number of nitrogens with zero attached hydrogens (tertiary/aromatic N) is 1. The molecule has 0 saturated heterocycles. The van der Waals surface area contributed by atoms with E-state index in [0.717, 1.165) is 28.6 Å². The Kier molecular flexibility index (Phi) is 5.96. The second-order valence-corrected chi connectivity index (χ2v) is 8.10. The van der Waals surface area contributed by atoms with Crippen LogP contribution in [0.5, 0.6) is 0 Å². The largest absolute Gasteiger partial charge is 0.323 e. The van der Waals surface area contributed by atoms with Gasteiger partial charge in [-0.25, -0.2) is 12.8 Å². The Morgan fingerprint density at radius 1 is 0.929 bits per heavy atom. The number of sulfonamides is 1. The lowest BCUT2D eigenvalue weighted by Crippen LogP contribution is -2.38. The topological polar surface area (TPSA) is 66.5 Å². The van der Waals surface area contributed by atoms with E-state index in [9.17, 15) is 17.6 Å². The first-order chi connectivity index (χ1) is 13.4. The first-order valence-corrected chi connectivity index (χ1v) is 10.1. The average Bonchev–Trinajstić information content (AvgIpc) is 2.69. The van der Waals surface area contributed by atoms with E-state index in [2.05, 4.69) is 5.32 Å². The number of anilines is 2. The first kappa shape index (κ1) is 19.9. The van der Waals surface area contributed by atoms with Crippen molar-refractivity contribution in [3.05, 3.63) is 89.7 Å². The van der Waals surface area contributed by atoms with Crippen molar-refractivity contribution in [2.45, 2.75) is 4.90 Å². The van der Waals surface area contributed by atoms with Crippen LogP contribution in [0.1, 0.15) is 0 Å². The van der Waals surface area contributed by atoms with Gasteiger partial charge < -0.3 is 5.32 Å². The van der Waals surface area contributed by atoms with Gasteiger partial charge in [-0.2, -0.15) is 0 Å². The Hall–Kier alpha value is -2.90. The molecule has 5 nitrogen and oxygen atoms in total. The van der Waals surface area contributed by atoms with E-state index in [0.29, 0.717) is 16.4 Å². The van der Waals surface area contributed by atoms with Crippen LogP contribution < -0.4 is 9.62 Å². The van der Waals surface area contributed by atoms with E-state index in [1.807, 2.05) is 0 Å². The highest BCUT2D eigenvalue weighted by Gasteiger charge is 2.27. The second kappa shape index (κ2) is 8.41. The molecule has 0 spiro atoms. The molecule has 1 amide bonds. The molecule has 1 N–H and O–H groups in total. The average molecular weight is 419 g/mol. The number of benzene rings is 3. The van der Waals surface area contributed by atoms with E-state index in [4.69, 9.17) is 11.6 Å². The molecule has 0 aliphatic heterocycles. The first-order valence-electron chi connectivity index (χ1n) is 8.25. The lowest BCUT2D eigenvalue weighted by molar-refractivity contribution is -0.114. The van der Waals surface area contributed by atoms with Crippen molar-refractivity contribution in [1.29, 1.82) is 0 Å². The zero-order valence-electron chi connectivity index (χ0n) is 14.5. The maximum absolute atomic E-state index is 13.2. The van der Waals surface area contributed by atoms with Crippen LogP contribution in [0.25, 0.3) is 0 Å². The number of rotatable bonds is 6. The fourth-order valence-corrected chi connectivity index (χ4v) is 4.13. The molecular weight excluding hydrogens is 403 g/mol. The fourth-order valence-electron chi connectivity index (χ4n) is 2.53. The van der Waals surface area contributed by atoms with Gasteiger partial charge in [0.1, 0.15) is 12.4 Å². The zero-order valence-corrected chi connectivity index (χ0v) is 16.1. The molecule has 0 radical (unpaired) electrons. The third kappa shape index (κ3) is 4.49. The van der Waals surface area contributed by atoms with Crippen molar-refractivity contribution in [3.8, 4) is 0 Å². The van der Waals surface area contributed by atoms with Gasteiger partial charge >= 0.3 is 0 Å². The van der Waals surface area contributed by atoms with Gasteiger partial charge in [0, 0.05) is 0 Å². The summed E-state index contributed by atoms with van der Waals surface area (Å²) in [6.07, 6.45) is 0. The van der Waals surface area contributed by atoms with Crippen LogP contribution in [-0.4, -0.2) is 20.9 Å². The number of hydrogen-bond donors (Lipinski definition) is 1. The molecule has 3 aromatic rings. The van der Waals surface area contributed by atoms with E-state index in [-0.39, 0.29) is 4.90 Å². The van der Waals surface area contributed by atoms with Gasteiger partial charge in [0.25, 0.3) is 10.0 Å². The number of nitrogens with one attached hydrogen (secondary N) is 1. The number of para-hydroxylation sites is 2. The number of carbonyl (C=O) groups excluding carboxylic acids is 1. The Balaban J connectivity index is 1.93. The van der Waals surface area contributed by atoms with E-state index >= 15 is 0 Å². The summed E-state index contributed by atoms with van der Waals surface area (Å²) in [7, 11) is -4.10. The van der Waals surface area contributed by atoms with Gasteiger partial charge in [-0.15, -0.1) is 0 Å². The summed E-state index contributed by atoms with van der Waals surface area (Å²) >= 11 is 6.04. The molecule has 0 aliphatic rings. The Labute approximate surface area is 167 Å². The van der Waals surface area contributed by atoms with Crippen LogP contribution in [-0.2, 0) is 14.8 Å². The molecule has 0 bridgehead atoms. The van der Waals surface area contributed by atoms with Crippen LogP contribution in [0, 0.1) is 5.82 Å². The van der Waals surface area contributed by atoms with Crippen molar-refractivity contribution < 1.29 is 17.6 Å². The SMILES string of the molecule is O=C(CN(c1ccccc1)S(=O)(=O)c1ccc(F)cc1)Nc1ccccc1Cl. The number of halogens is 2. The molecule has 28 heavy (non-hydrogen) atoms. The maximum Gasteiger partial charge on any atom is 0.264 e. The summed E-state index contributed by atoms with van der Waals surface area (Å²) in [6.45, 7) is -0.477. The van der Waals surface area contributed by atoms with Crippen molar-refractivity contribution in [3.63, 3.8) is 0 Å². The highest BCUT2D eigenvalue weighted by molar-refractivity contribution is 7.92. The van der Waals surface area contributed by atoms with Gasteiger partial charge in [0.2, 0.25) is 5.91 Å². The van der Waals surface area contributed by atoms with E-state index < -0.39 is 28.3 Å². The third-order valence-electron chi connectivity index (χ3n) is 3.88. The monoisotopic (exact) mass is 418 g/mol. The zero-order chi connectivity index (χ0) is 20.1. The van der Waals surface area contributed by atoms with Crippen molar-refractivity contribution in [2.24, 2.45) is 0 Å². The molecule has 0 aliphatic carbocycles. The predicted molar refractivity (Wildman–Crippen MR) is 107 cm³/mol. The molecule has 0 aromatic heterocycles. The minimum Gasteiger partial charge on any atom is -0.323 e. The molecule has 0 heterocycles. The molecule has 0 atom stereocenters. The number of hydrogen-bond acceptors (Lipinski definition) is 3. The summed E-state index contributed by atoms with van der Waals surface area (Å²) in [5, 5.41) is 2.94. The van der Waals surface area contributed by atoms with E-state index in [1.54, 1.807) is 54.6 Å². The minimum absolute atomic E-state index is 0.122. The van der Waals surface area contributed by atoms with Crippen molar-refractivity contribution in [2.75, 3.05) is 16.2 Å². The summed E-state index contributed by atoms with van der Waals surface area (Å²) in [6, 6.07) is 19.3. The molecule has 3 aromatic carbocycles. The molecule has 8 heteroatoms. The fraction of sp³-hybridized carbons (Fsp3) is 0.0500. The van der Waals surface area contributed by atoms with Crippen molar-refractivity contribution in [1.82, 2.24) is 0 Å². The van der Waals surface area contributed by atoms with Crippen LogP contribution in [0.2, 0.25) is 5.02 Å². The lowest BCUT2D eigenvalue weighted by atomic mass is 10.3. The van der Waals surface area contributed by atoms with Crippen molar-refractivity contribution >= 4 is 38.9 Å². The summed E-state index contributed by atoms with van der Waals surface area (Å²) in [4.78, 5) is 12.4. The third-order valence-corrected chi connectivity index (χ3v) is 6.00. The molecule has 3 rings (SSSR count). The maximum atomic E-state index is 13.2. The number of amides is 1. The summed E-state index contributed by atoms with van der Waals surface area (Å²) in [5.41, 5.74) is 0.683. The molecule has 144 valence electrons. The van der Waals surface area contributed by atoms with Crippen LogP contribution in [0.4, 0.5) is 15.8 Å². The van der Waals surface area contributed by atoms with Gasteiger partial charge in [0.15, 0.2) is 0 Å². The molecule has 0 saturated carbocycles. The van der Waals surface area contributed by atoms with Crippen LogP contribution in [0.3, 0.4) is 0 Å². The molecule has 0 unspecified atom stereocenters. The van der Waals surface area contributed by atoms with Crippen LogP contribution in [0.15, 0.2) is 83.8 Å². The van der Waals surface area contributed by atoms with Gasteiger partial charge in [-0.3, -0.25) is 9.10 Å². The Bertz CT molecular complexity index is 1070. The Morgan fingerprint density at radius 3 is 2.18 bits per heavy atom. The molecule has 0 fully saturated rings. The van der Waals surface area contributed by atoms with Gasteiger partial charge in [-0.05, 0) is 48.5 Å². The Morgan fingerprint density at radius 2 is 1.54 bits per heavy atom. The molecular formula is C20H16ClFN2O3S. The normalized spacial score (nSPS) is 11.1. The standard InChI is InChI=1S/C20H16ClFN2O3S/c21-18-8-4-5-9-19(18)23-20(25)14-24(16-6-2-1-3-7-16)28(26,27)17-12-10-15(22)11-13-17/h1-13H,14H2,(H,23,25). The van der Waals surface area contributed by atoms with E-state index in [1.165, 1.54) is 0 Å². The second-order valence-electron chi connectivity index (χ2n) is 5.83. The predicted octanol–water partition coefficient (Wildman–Crippen LogP) is 4.31. The lowest BCUT2D eigenvalue weighted by Gasteiger charge is -2.24. The van der Waals surface area contributed by atoms with Gasteiger partial charge in [0.05, 0.1) is 21.3 Å². The summed E-state index contributed by atoms with van der Waals surface area (Å²) < 4.78 is 40.4. The minimum atomic E-state index is -4.10. The summed E-state index contributed by atoms with van der Waals surface area (Å²) in [5.74, 6) is -1.12. The van der Waals surface area contributed by atoms with Gasteiger partial charge in [-0.1, -0.05) is 41.9 Å². The smallest absolute Gasteiger partial charge is 0.264 e. The highest BCUT2D eigenvalue weighted by atomic mass is 35.5. The number of carbonyl (C=O) groups is 1.